The molecule has 20 heavy (non-hydrogen) atoms. The number of thiophene rings is 1. The molecule has 2 aromatic rings. The van der Waals surface area contributed by atoms with Crippen molar-refractivity contribution in [1.29, 1.82) is 0 Å². The van der Waals surface area contributed by atoms with Gasteiger partial charge in [0.15, 0.2) is 0 Å². The Kier molecular flexibility index (Phi) is 3.94. The summed E-state index contributed by atoms with van der Waals surface area (Å²) in [6.45, 7) is 1.52. The standard InChI is InChI=1S/C16H20N2OS/c1-19-14-7-4-12(10-17)16(9-14)18(13-5-6-13)11-15-3-2-8-20-15/h2-4,7-9,13H,5-6,10-11,17H2,1H3. The first kappa shape index (κ1) is 13.5. The van der Waals surface area contributed by atoms with Gasteiger partial charge in [-0.1, -0.05) is 12.1 Å². The van der Waals surface area contributed by atoms with Crippen LogP contribution in [0.4, 0.5) is 5.69 Å². The van der Waals surface area contributed by atoms with Crippen LogP contribution >= 0.6 is 11.3 Å². The van der Waals surface area contributed by atoms with E-state index in [-0.39, 0.29) is 0 Å². The third-order valence-electron chi connectivity index (χ3n) is 3.72. The Morgan fingerprint density at radius 3 is 2.80 bits per heavy atom. The van der Waals surface area contributed by atoms with Gasteiger partial charge in [-0.05, 0) is 35.9 Å². The third kappa shape index (κ3) is 2.81. The van der Waals surface area contributed by atoms with Crippen LogP contribution in [0, 0.1) is 0 Å². The van der Waals surface area contributed by atoms with Crippen molar-refractivity contribution in [1.82, 2.24) is 0 Å². The summed E-state index contributed by atoms with van der Waals surface area (Å²) in [7, 11) is 1.71. The van der Waals surface area contributed by atoms with Crippen LogP contribution in [0.15, 0.2) is 35.7 Å². The topological polar surface area (TPSA) is 38.5 Å². The van der Waals surface area contributed by atoms with Crippen molar-refractivity contribution in [2.45, 2.75) is 32.0 Å². The molecule has 106 valence electrons. The lowest BCUT2D eigenvalue weighted by atomic mass is 10.1. The molecule has 1 aliphatic rings. The van der Waals surface area contributed by atoms with Gasteiger partial charge in [0.1, 0.15) is 5.75 Å². The van der Waals surface area contributed by atoms with Crippen LogP contribution < -0.4 is 15.4 Å². The van der Waals surface area contributed by atoms with E-state index in [9.17, 15) is 0 Å². The van der Waals surface area contributed by atoms with Crippen LogP contribution in [0.2, 0.25) is 0 Å². The summed E-state index contributed by atoms with van der Waals surface area (Å²) in [5.41, 5.74) is 8.32. The molecule has 2 N–H and O–H groups in total. The third-order valence-corrected chi connectivity index (χ3v) is 4.58. The zero-order chi connectivity index (χ0) is 13.9. The largest absolute Gasteiger partial charge is 0.497 e. The van der Waals surface area contributed by atoms with Gasteiger partial charge in [-0.15, -0.1) is 11.3 Å². The second kappa shape index (κ2) is 5.85. The maximum Gasteiger partial charge on any atom is 0.120 e. The Balaban J connectivity index is 1.93. The molecule has 1 heterocycles. The van der Waals surface area contributed by atoms with Gasteiger partial charge in [0.2, 0.25) is 0 Å². The number of nitrogens with two attached hydrogens (primary N) is 1. The van der Waals surface area contributed by atoms with E-state index in [1.807, 2.05) is 17.4 Å². The predicted molar refractivity (Wildman–Crippen MR) is 84.4 cm³/mol. The van der Waals surface area contributed by atoms with Gasteiger partial charge in [0, 0.05) is 29.2 Å². The van der Waals surface area contributed by atoms with Gasteiger partial charge < -0.3 is 15.4 Å². The molecule has 1 aromatic heterocycles. The highest BCUT2D eigenvalue weighted by Gasteiger charge is 2.30. The van der Waals surface area contributed by atoms with Crippen molar-refractivity contribution >= 4 is 17.0 Å². The van der Waals surface area contributed by atoms with Gasteiger partial charge in [-0.25, -0.2) is 0 Å². The fraction of sp³-hybridized carbons (Fsp3) is 0.375. The average molecular weight is 288 g/mol. The molecule has 0 amide bonds. The molecule has 3 nitrogen and oxygen atoms in total. The van der Waals surface area contributed by atoms with E-state index in [2.05, 4.69) is 34.5 Å². The van der Waals surface area contributed by atoms with Gasteiger partial charge in [-0.2, -0.15) is 0 Å². The molecule has 1 aliphatic carbocycles. The first-order chi connectivity index (χ1) is 9.81. The van der Waals surface area contributed by atoms with Crippen molar-refractivity contribution in [3.63, 3.8) is 0 Å². The Morgan fingerprint density at radius 1 is 1.35 bits per heavy atom. The molecule has 0 radical (unpaired) electrons. The summed E-state index contributed by atoms with van der Waals surface area (Å²) in [5, 5.41) is 2.13. The lowest BCUT2D eigenvalue weighted by Crippen LogP contribution is -2.26. The lowest BCUT2D eigenvalue weighted by Gasteiger charge is -2.27. The molecular weight excluding hydrogens is 268 g/mol. The van der Waals surface area contributed by atoms with E-state index in [1.165, 1.54) is 29.0 Å². The van der Waals surface area contributed by atoms with Crippen LogP contribution in [-0.4, -0.2) is 13.2 Å². The maximum absolute atomic E-state index is 5.91. The summed E-state index contributed by atoms with van der Waals surface area (Å²) < 4.78 is 5.37. The normalized spacial score (nSPS) is 14.3. The van der Waals surface area contributed by atoms with Gasteiger partial charge in [-0.3, -0.25) is 0 Å². The van der Waals surface area contributed by atoms with Crippen LogP contribution in [0.3, 0.4) is 0 Å². The van der Waals surface area contributed by atoms with E-state index in [0.717, 1.165) is 12.3 Å². The van der Waals surface area contributed by atoms with Crippen molar-refractivity contribution in [2.24, 2.45) is 5.73 Å². The zero-order valence-electron chi connectivity index (χ0n) is 11.7. The molecule has 0 unspecified atom stereocenters. The monoisotopic (exact) mass is 288 g/mol. The fourth-order valence-electron chi connectivity index (χ4n) is 2.48. The summed E-state index contributed by atoms with van der Waals surface area (Å²) in [6.07, 6.45) is 2.54. The fourth-order valence-corrected chi connectivity index (χ4v) is 3.18. The smallest absolute Gasteiger partial charge is 0.120 e. The SMILES string of the molecule is COc1ccc(CN)c(N(Cc2cccs2)C2CC2)c1. The van der Waals surface area contributed by atoms with Crippen molar-refractivity contribution < 1.29 is 4.74 Å². The maximum atomic E-state index is 5.91. The number of benzene rings is 1. The van der Waals surface area contributed by atoms with E-state index in [1.54, 1.807) is 7.11 Å². The van der Waals surface area contributed by atoms with Crippen LogP contribution in [0.25, 0.3) is 0 Å². The molecule has 4 heteroatoms. The quantitative estimate of drug-likeness (QED) is 0.885. The minimum absolute atomic E-state index is 0.562. The number of anilines is 1. The minimum atomic E-state index is 0.562. The number of ether oxygens (including phenoxy) is 1. The van der Waals surface area contributed by atoms with E-state index in [4.69, 9.17) is 10.5 Å². The van der Waals surface area contributed by atoms with Crippen LogP contribution in [0.5, 0.6) is 5.75 Å². The van der Waals surface area contributed by atoms with E-state index >= 15 is 0 Å². The zero-order valence-corrected chi connectivity index (χ0v) is 12.5. The second-order valence-electron chi connectivity index (χ2n) is 5.14. The Morgan fingerprint density at radius 2 is 2.20 bits per heavy atom. The highest BCUT2D eigenvalue weighted by atomic mass is 32.1. The van der Waals surface area contributed by atoms with E-state index in [0.29, 0.717) is 12.6 Å². The van der Waals surface area contributed by atoms with Gasteiger partial charge in [0.25, 0.3) is 0 Å². The molecule has 0 atom stereocenters. The molecule has 1 saturated carbocycles. The second-order valence-corrected chi connectivity index (χ2v) is 6.17. The Labute approximate surface area is 124 Å². The number of hydrogen-bond donors (Lipinski definition) is 1. The van der Waals surface area contributed by atoms with Crippen LogP contribution in [0.1, 0.15) is 23.3 Å². The van der Waals surface area contributed by atoms with Crippen LogP contribution in [-0.2, 0) is 13.1 Å². The van der Waals surface area contributed by atoms with Crippen molar-refractivity contribution in [3.05, 3.63) is 46.2 Å². The first-order valence-corrected chi connectivity index (χ1v) is 7.86. The predicted octanol–water partition coefficient (Wildman–Crippen LogP) is 3.38. The average Bonchev–Trinajstić information content (AvgIpc) is 3.20. The molecule has 1 aromatic carbocycles. The molecule has 0 spiro atoms. The Hall–Kier alpha value is -1.52. The molecule has 0 bridgehead atoms. The molecular formula is C16H20N2OS. The summed E-state index contributed by atoms with van der Waals surface area (Å²) in [6, 6.07) is 11.1. The first-order valence-electron chi connectivity index (χ1n) is 6.98. The summed E-state index contributed by atoms with van der Waals surface area (Å²) >= 11 is 1.81. The van der Waals surface area contributed by atoms with Crippen molar-refractivity contribution in [2.75, 3.05) is 12.0 Å². The van der Waals surface area contributed by atoms with Gasteiger partial charge >= 0.3 is 0 Å². The number of rotatable bonds is 6. The molecule has 3 rings (SSSR count). The number of nitrogens with zero attached hydrogens (tertiary/aromatic N) is 1. The van der Waals surface area contributed by atoms with E-state index < -0.39 is 0 Å². The minimum Gasteiger partial charge on any atom is -0.497 e. The lowest BCUT2D eigenvalue weighted by molar-refractivity contribution is 0.414. The molecule has 1 fully saturated rings. The summed E-state index contributed by atoms with van der Waals surface area (Å²) in [5.74, 6) is 0.897. The Bertz CT molecular complexity index is 564. The number of methoxy groups -OCH3 is 1. The summed E-state index contributed by atoms with van der Waals surface area (Å²) in [4.78, 5) is 3.87. The molecule has 0 saturated heterocycles. The highest BCUT2D eigenvalue weighted by molar-refractivity contribution is 7.09. The van der Waals surface area contributed by atoms with Gasteiger partial charge in [0.05, 0.1) is 13.7 Å². The number of hydrogen-bond acceptors (Lipinski definition) is 4. The highest BCUT2D eigenvalue weighted by Crippen LogP contribution is 2.37. The molecule has 0 aliphatic heterocycles. The van der Waals surface area contributed by atoms with Crippen molar-refractivity contribution in [3.8, 4) is 5.75 Å².